The molecule has 0 bridgehead atoms. The van der Waals surface area contributed by atoms with Crippen LogP contribution in [0.2, 0.25) is 0 Å². The van der Waals surface area contributed by atoms with Crippen molar-refractivity contribution in [2.45, 2.75) is 58.4 Å². The first kappa shape index (κ1) is 21.6. The van der Waals surface area contributed by atoms with Gasteiger partial charge in [-0.1, -0.05) is 19.8 Å². The summed E-state index contributed by atoms with van der Waals surface area (Å²) < 4.78 is 5.30. The number of fused-ring (bicyclic) bond motifs is 1. The first-order valence-electron chi connectivity index (χ1n) is 10.9. The summed E-state index contributed by atoms with van der Waals surface area (Å²) in [5.41, 5.74) is 1.53. The fraction of sp³-hybridized carbons (Fsp3) is 0.522. The van der Waals surface area contributed by atoms with Gasteiger partial charge in [-0.3, -0.25) is 14.4 Å². The van der Waals surface area contributed by atoms with Crippen LogP contribution >= 0.6 is 11.3 Å². The molecule has 8 heteroatoms. The highest BCUT2D eigenvalue weighted by atomic mass is 32.1. The lowest BCUT2D eigenvalue weighted by molar-refractivity contribution is -0.147. The third-order valence-electron chi connectivity index (χ3n) is 6.40. The number of hydrogen-bond acceptors (Lipinski definition) is 5. The summed E-state index contributed by atoms with van der Waals surface area (Å²) in [4.78, 5) is 39.0. The lowest BCUT2D eigenvalue weighted by Gasteiger charge is -2.27. The second-order valence-electron chi connectivity index (χ2n) is 8.64. The molecule has 2 heterocycles. The van der Waals surface area contributed by atoms with Crippen molar-refractivity contribution >= 4 is 34.1 Å². The van der Waals surface area contributed by atoms with E-state index in [-0.39, 0.29) is 18.4 Å². The Kier molecular flexibility index (Phi) is 6.46. The van der Waals surface area contributed by atoms with E-state index in [0.717, 1.165) is 42.5 Å². The largest absolute Gasteiger partial charge is 0.481 e. The molecule has 2 aromatic rings. The smallest absolute Gasteiger partial charge is 0.307 e. The van der Waals surface area contributed by atoms with Crippen LogP contribution in [0.5, 0.6) is 0 Å². The summed E-state index contributed by atoms with van der Waals surface area (Å²) in [6.45, 7) is 2.46. The molecule has 0 unspecified atom stereocenters. The monoisotopic (exact) mass is 444 g/mol. The molecule has 166 valence electrons. The highest BCUT2D eigenvalue weighted by molar-refractivity contribution is 7.17. The number of rotatable bonds is 6. The summed E-state index contributed by atoms with van der Waals surface area (Å²) in [5, 5.41) is 15.9. The van der Waals surface area contributed by atoms with Crippen molar-refractivity contribution in [3.8, 4) is 0 Å². The van der Waals surface area contributed by atoms with E-state index in [2.05, 4.69) is 17.6 Å². The highest BCUT2D eigenvalue weighted by Gasteiger charge is 2.37. The normalized spacial score (nSPS) is 23.1. The molecule has 2 aromatic heterocycles. The van der Waals surface area contributed by atoms with E-state index in [1.165, 1.54) is 11.3 Å². The quantitative estimate of drug-likeness (QED) is 0.618. The maximum Gasteiger partial charge on any atom is 0.307 e. The zero-order valence-electron chi connectivity index (χ0n) is 17.6. The van der Waals surface area contributed by atoms with Gasteiger partial charge in [-0.15, -0.1) is 11.3 Å². The van der Waals surface area contributed by atoms with Gasteiger partial charge in [0.15, 0.2) is 0 Å². The first-order chi connectivity index (χ1) is 14.9. The minimum atomic E-state index is -0.921. The molecule has 0 aliphatic heterocycles. The fourth-order valence-electron chi connectivity index (χ4n) is 4.69. The number of carbonyl (C=O) groups excluding carboxylic acids is 2. The molecule has 0 spiro atoms. The van der Waals surface area contributed by atoms with E-state index in [1.807, 2.05) is 0 Å². The van der Waals surface area contributed by atoms with Gasteiger partial charge in [0.25, 0.3) is 5.91 Å². The molecule has 3 atom stereocenters. The summed E-state index contributed by atoms with van der Waals surface area (Å²) >= 11 is 1.46. The van der Waals surface area contributed by atoms with E-state index in [9.17, 15) is 19.5 Å². The van der Waals surface area contributed by atoms with Crippen molar-refractivity contribution in [1.82, 2.24) is 5.32 Å². The lowest BCUT2D eigenvalue weighted by atomic mass is 9.78. The van der Waals surface area contributed by atoms with Gasteiger partial charge >= 0.3 is 5.97 Å². The zero-order chi connectivity index (χ0) is 22.0. The number of amides is 2. The first-order valence-corrected chi connectivity index (χ1v) is 11.7. The third-order valence-corrected chi connectivity index (χ3v) is 7.57. The summed E-state index contributed by atoms with van der Waals surface area (Å²) in [6, 6.07) is 3.56. The second kappa shape index (κ2) is 9.26. The Bertz CT molecular complexity index is 965. The molecular weight excluding hydrogens is 416 g/mol. The summed E-state index contributed by atoms with van der Waals surface area (Å²) in [5.74, 6) is -1.50. The number of hydrogen-bond donors (Lipinski definition) is 3. The fourth-order valence-corrected chi connectivity index (χ4v) is 6.10. The van der Waals surface area contributed by atoms with E-state index in [4.69, 9.17) is 4.42 Å². The molecule has 0 saturated heterocycles. The van der Waals surface area contributed by atoms with Gasteiger partial charge < -0.3 is 20.2 Å². The van der Waals surface area contributed by atoms with Gasteiger partial charge in [-0.2, -0.15) is 0 Å². The van der Waals surface area contributed by atoms with E-state index < -0.39 is 17.8 Å². The Hall–Kier alpha value is -2.61. The molecule has 4 rings (SSSR count). The van der Waals surface area contributed by atoms with Crippen molar-refractivity contribution < 1.29 is 23.9 Å². The van der Waals surface area contributed by atoms with Crippen LogP contribution in [0.15, 0.2) is 22.8 Å². The van der Waals surface area contributed by atoms with Crippen LogP contribution in [0.25, 0.3) is 0 Å². The van der Waals surface area contributed by atoms with Gasteiger partial charge in [-0.25, -0.2) is 0 Å². The Morgan fingerprint density at radius 3 is 2.68 bits per heavy atom. The van der Waals surface area contributed by atoms with Crippen LogP contribution in [0.4, 0.5) is 5.00 Å². The molecule has 2 aliphatic rings. The van der Waals surface area contributed by atoms with Crippen LogP contribution in [0.1, 0.15) is 65.6 Å². The molecule has 0 aromatic carbocycles. The predicted octanol–water partition coefficient (Wildman–Crippen LogP) is 4.23. The maximum absolute atomic E-state index is 13.1. The average Bonchev–Trinajstić information content (AvgIpc) is 3.39. The number of carboxylic acids is 1. The Morgan fingerprint density at radius 2 is 1.97 bits per heavy atom. The molecule has 2 amide bonds. The lowest BCUT2D eigenvalue weighted by Crippen LogP contribution is -2.36. The second-order valence-corrected chi connectivity index (χ2v) is 9.75. The number of thiophene rings is 1. The Labute approximate surface area is 185 Å². The van der Waals surface area contributed by atoms with Crippen molar-refractivity contribution in [2.75, 3.05) is 5.32 Å². The third kappa shape index (κ3) is 4.69. The average molecular weight is 445 g/mol. The van der Waals surface area contributed by atoms with Gasteiger partial charge in [0, 0.05) is 4.88 Å². The topological polar surface area (TPSA) is 109 Å². The van der Waals surface area contributed by atoms with Crippen LogP contribution in [0, 0.1) is 17.8 Å². The summed E-state index contributed by atoms with van der Waals surface area (Å²) in [6.07, 6.45) is 6.99. The van der Waals surface area contributed by atoms with Crippen LogP contribution in [0.3, 0.4) is 0 Å². The molecular formula is C23H28N2O5S. The molecule has 2 aliphatic carbocycles. The van der Waals surface area contributed by atoms with Crippen LogP contribution in [-0.2, 0) is 29.0 Å². The number of aliphatic carboxylic acids is 1. The predicted molar refractivity (Wildman–Crippen MR) is 117 cm³/mol. The van der Waals surface area contributed by atoms with E-state index in [1.54, 1.807) is 18.4 Å². The minimum Gasteiger partial charge on any atom is -0.481 e. The number of carbonyl (C=O) groups is 3. The van der Waals surface area contributed by atoms with Crippen molar-refractivity contribution in [3.05, 3.63) is 40.2 Å². The standard InChI is InChI=1S/C23H28N2O5S/c1-13-8-9-17-18(11-13)31-22(19(17)21(27)24-12-14-5-4-10-30-14)25-20(26)15-6-2-3-7-16(15)23(28)29/h4-5,10,13,15-16H,2-3,6-9,11-12H2,1H3,(H,24,27)(H,25,26)(H,28,29)/t13-,15+,16-/m0/s1. The van der Waals surface area contributed by atoms with Crippen molar-refractivity contribution in [3.63, 3.8) is 0 Å². The summed E-state index contributed by atoms with van der Waals surface area (Å²) in [7, 11) is 0. The zero-order valence-corrected chi connectivity index (χ0v) is 18.4. The number of carboxylic acid groups (broad SMARTS) is 1. The Morgan fingerprint density at radius 1 is 1.19 bits per heavy atom. The number of furan rings is 1. The Balaban J connectivity index is 1.58. The van der Waals surface area contributed by atoms with Gasteiger partial charge in [0.05, 0.1) is 30.2 Å². The van der Waals surface area contributed by atoms with E-state index in [0.29, 0.717) is 35.1 Å². The molecule has 3 N–H and O–H groups in total. The number of nitrogens with one attached hydrogen (secondary N) is 2. The maximum atomic E-state index is 13.1. The SMILES string of the molecule is C[C@H]1CCc2c(sc(NC(=O)[C@@H]3CCCC[C@@H]3C(=O)O)c2C(=O)NCc2ccco2)C1. The highest BCUT2D eigenvalue weighted by Crippen LogP contribution is 2.40. The molecule has 1 fully saturated rings. The van der Waals surface area contributed by atoms with Crippen molar-refractivity contribution in [2.24, 2.45) is 17.8 Å². The van der Waals surface area contributed by atoms with E-state index >= 15 is 0 Å². The van der Waals surface area contributed by atoms with Gasteiger partial charge in [0.2, 0.25) is 5.91 Å². The molecule has 31 heavy (non-hydrogen) atoms. The van der Waals surface area contributed by atoms with Crippen LogP contribution < -0.4 is 10.6 Å². The molecule has 0 radical (unpaired) electrons. The van der Waals surface area contributed by atoms with Gasteiger partial charge in [-0.05, 0) is 55.7 Å². The minimum absolute atomic E-state index is 0.239. The molecule has 7 nitrogen and oxygen atoms in total. The van der Waals surface area contributed by atoms with Gasteiger partial charge in [0.1, 0.15) is 10.8 Å². The molecule has 1 saturated carbocycles. The number of anilines is 1. The van der Waals surface area contributed by atoms with Crippen LogP contribution in [-0.4, -0.2) is 22.9 Å². The van der Waals surface area contributed by atoms with Crippen molar-refractivity contribution in [1.29, 1.82) is 0 Å².